The molecule has 0 radical (unpaired) electrons. The lowest BCUT2D eigenvalue weighted by atomic mass is 10.1. The van der Waals surface area contributed by atoms with Crippen molar-refractivity contribution in [3.63, 3.8) is 0 Å². The molecule has 0 atom stereocenters. The van der Waals surface area contributed by atoms with Crippen molar-refractivity contribution in [3.8, 4) is 0 Å². The van der Waals surface area contributed by atoms with Gasteiger partial charge in [0.25, 0.3) is 0 Å². The Bertz CT molecular complexity index is 280. The first-order valence-electron chi connectivity index (χ1n) is 4.19. The van der Waals surface area contributed by atoms with Crippen molar-refractivity contribution in [2.45, 2.75) is 19.4 Å². The van der Waals surface area contributed by atoms with Crippen LogP contribution in [0, 0.1) is 5.82 Å². The van der Waals surface area contributed by atoms with Crippen molar-refractivity contribution >= 4 is 5.69 Å². The lowest BCUT2D eigenvalue weighted by Crippen LogP contribution is -2.29. The molecule has 13 heavy (non-hydrogen) atoms. The van der Waals surface area contributed by atoms with Crippen LogP contribution in [-0.2, 0) is 0 Å². The lowest BCUT2D eigenvalue weighted by molar-refractivity contribution is 0.0945. The molecule has 0 bridgehead atoms. The predicted octanol–water partition coefficient (Wildman–Crippen LogP) is 2.01. The zero-order valence-corrected chi connectivity index (χ0v) is 7.84. The molecule has 1 rings (SSSR count). The Morgan fingerprint density at radius 3 is 2.69 bits per heavy atom. The molecule has 1 aromatic rings. The molecule has 0 aliphatic carbocycles. The van der Waals surface area contributed by atoms with E-state index in [0.717, 1.165) is 0 Å². The summed E-state index contributed by atoms with van der Waals surface area (Å²) in [5.41, 5.74) is -0.103. The summed E-state index contributed by atoms with van der Waals surface area (Å²) >= 11 is 0. The number of anilines is 1. The predicted molar refractivity (Wildman–Crippen MR) is 51.2 cm³/mol. The number of halogens is 1. The van der Waals surface area contributed by atoms with Gasteiger partial charge in [0.05, 0.1) is 5.60 Å². The van der Waals surface area contributed by atoms with Crippen molar-refractivity contribution in [1.82, 2.24) is 0 Å². The second-order valence-electron chi connectivity index (χ2n) is 3.68. The SMILES string of the molecule is CC(C)(O)CNc1cccc(F)c1. The molecular weight excluding hydrogens is 169 g/mol. The monoisotopic (exact) mass is 183 g/mol. The van der Waals surface area contributed by atoms with Gasteiger partial charge in [0, 0.05) is 12.2 Å². The van der Waals surface area contributed by atoms with Gasteiger partial charge in [-0.05, 0) is 32.0 Å². The highest BCUT2D eigenvalue weighted by molar-refractivity contribution is 5.43. The molecule has 0 saturated heterocycles. The normalized spacial score (nSPS) is 11.4. The minimum Gasteiger partial charge on any atom is -0.389 e. The first-order chi connectivity index (χ1) is 5.97. The molecule has 2 nitrogen and oxygen atoms in total. The second-order valence-corrected chi connectivity index (χ2v) is 3.68. The van der Waals surface area contributed by atoms with Gasteiger partial charge in [-0.3, -0.25) is 0 Å². The Kier molecular flexibility index (Phi) is 2.88. The van der Waals surface area contributed by atoms with Gasteiger partial charge in [0.15, 0.2) is 0 Å². The van der Waals surface area contributed by atoms with Crippen LogP contribution in [0.1, 0.15) is 13.8 Å². The number of aliphatic hydroxyl groups is 1. The van der Waals surface area contributed by atoms with E-state index in [4.69, 9.17) is 0 Å². The van der Waals surface area contributed by atoms with Crippen LogP contribution in [0.25, 0.3) is 0 Å². The van der Waals surface area contributed by atoms with Crippen molar-refractivity contribution in [2.75, 3.05) is 11.9 Å². The van der Waals surface area contributed by atoms with Crippen molar-refractivity contribution < 1.29 is 9.50 Å². The van der Waals surface area contributed by atoms with Crippen LogP contribution >= 0.6 is 0 Å². The molecule has 72 valence electrons. The molecule has 0 unspecified atom stereocenters. The highest BCUT2D eigenvalue weighted by Gasteiger charge is 2.11. The van der Waals surface area contributed by atoms with Crippen molar-refractivity contribution in [3.05, 3.63) is 30.1 Å². The number of hydrogen-bond acceptors (Lipinski definition) is 2. The lowest BCUT2D eigenvalue weighted by Gasteiger charge is -2.18. The van der Waals surface area contributed by atoms with Crippen LogP contribution in [0.2, 0.25) is 0 Å². The Morgan fingerprint density at radius 2 is 2.15 bits per heavy atom. The van der Waals surface area contributed by atoms with E-state index in [1.807, 2.05) is 0 Å². The molecule has 0 fully saturated rings. The van der Waals surface area contributed by atoms with Gasteiger partial charge in [-0.15, -0.1) is 0 Å². The number of nitrogens with one attached hydrogen (secondary N) is 1. The van der Waals surface area contributed by atoms with Crippen molar-refractivity contribution in [1.29, 1.82) is 0 Å². The van der Waals surface area contributed by atoms with E-state index in [-0.39, 0.29) is 5.82 Å². The fourth-order valence-corrected chi connectivity index (χ4v) is 0.917. The summed E-state index contributed by atoms with van der Waals surface area (Å²) in [6, 6.07) is 6.16. The first kappa shape index (κ1) is 9.99. The maximum Gasteiger partial charge on any atom is 0.125 e. The average molecular weight is 183 g/mol. The molecular formula is C10H14FNO. The van der Waals surface area contributed by atoms with E-state index in [1.165, 1.54) is 12.1 Å². The Labute approximate surface area is 77.4 Å². The summed E-state index contributed by atoms with van der Waals surface area (Å²) in [4.78, 5) is 0. The largest absolute Gasteiger partial charge is 0.389 e. The first-order valence-corrected chi connectivity index (χ1v) is 4.19. The summed E-state index contributed by atoms with van der Waals surface area (Å²) < 4.78 is 12.7. The van der Waals surface area contributed by atoms with E-state index < -0.39 is 5.60 Å². The Balaban J connectivity index is 2.55. The van der Waals surface area contributed by atoms with Crippen LogP contribution in [0.5, 0.6) is 0 Å². The Hall–Kier alpha value is -1.09. The summed E-state index contributed by atoms with van der Waals surface area (Å²) in [5, 5.41) is 12.3. The molecule has 0 aromatic heterocycles. The molecule has 0 heterocycles. The van der Waals surface area contributed by atoms with Gasteiger partial charge in [-0.1, -0.05) is 6.07 Å². The van der Waals surface area contributed by atoms with Crippen LogP contribution in [0.3, 0.4) is 0 Å². The summed E-state index contributed by atoms with van der Waals surface area (Å²) in [7, 11) is 0. The molecule has 0 amide bonds. The standard InChI is InChI=1S/C10H14FNO/c1-10(2,13)7-12-9-5-3-4-8(11)6-9/h3-6,12-13H,7H2,1-2H3. The van der Waals surface area contributed by atoms with Gasteiger partial charge >= 0.3 is 0 Å². The van der Waals surface area contributed by atoms with Crippen LogP contribution in [-0.4, -0.2) is 17.3 Å². The summed E-state index contributed by atoms with van der Waals surface area (Å²) in [6.07, 6.45) is 0. The zero-order chi connectivity index (χ0) is 9.90. The third-order valence-electron chi connectivity index (χ3n) is 1.55. The molecule has 0 aliphatic heterocycles. The highest BCUT2D eigenvalue weighted by Crippen LogP contribution is 2.10. The van der Waals surface area contributed by atoms with Gasteiger partial charge in [0.2, 0.25) is 0 Å². The molecule has 0 spiro atoms. The van der Waals surface area contributed by atoms with Crippen molar-refractivity contribution in [2.24, 2.45) is 0 Å². The summed E-state index contributed by atoms with van der Waals surface area (Å²) in [6.45, 7) is 3.79. The second kappa shape index (κ2) is 3.75. The fraction of sp³-hybridized carbons (Fsp3) is 0.400. The highest BCUT2D eigenvalue weighted by atomic mass is 19.1. The Morgan fingerprint density at radius 1 is 1.46 bits per heavy atom. The molecule has 0 saturated carbocycles. The van der Waals surface area contributed by atoms with E-state index in [1.54, 1.807) is 26.0 Å². The fourth-order valence-electron chi connectivity index (χ4n) is 0.917. The van der Waals surface area contributed by atoms with E-state index in [0.29, 0.717) is 12.2 Å². The summed E-state index contributed by atoms with van der Waals surface area (Å²) in [5.74, 6) is -0.277. The van der Waals surface area contributed by atoms with Crippen LogP contribution < -0.4 is 5.32 Å². The maximum atomic E-state index is 12.7. The quantitative estimate of drug-likeness (QED) is 0.751. The maximum absolute atomic E-state index is 12.7. The van der Waals surface area contributed by atoms with Gasteiger partial charge in [-0.2, -0.15) is 0 Å². The smallest absolute Gasteiger partial charge is 0.125 e. The van der Waals surface area contributed by atoms with Gasteiger partial charge in [0.1, 0.15) is 5.82 Å². The number of rotatable bonds is 3. The third-order valence-corrected chi connectivity index (χ3v) is 1.55. The molecule has 1 aromatic carbocycles. The number of hydrogen-bond donors (Lipinski definition) is 2. The zero-order valence-electron chi connectivity index (χ0n) is 7.84. The minimum atomic E-state index is -0.785. The minimum absolute atomic E-state index is 0.277. The average Bonchev–Trinajstić information content (AvgIpc) is 2.00. The topological polar surface area (TPSA) is 32.3 Å². The van der Waals surface area contributed by atoms with Crippen LogP contribution in [0.4, 0.5) is 10.1 Å². The van der Waals surface area contributed by atoms with Gasteiger partial charge < -0.3 is 10.4 Å². The van der Waals surface area contributed by atoms with E-state index in [2.05, 4.69) is 5.32 Å². The van der Waals surface area contributed by atoms with E-state index in [9.17, 15) is 9.50 Å². The van der Waals surface area contributed by atoms with Gasteiger partial charge in [-0.25, -0.2) is 4.39 Å². The molecule has 0 aliphatic rings. The molecule has 2 N–H and O–H groups in total. The van der Waals surface area contributed by atoms with Crippen LogP contribution in [0.15, 0.2) is 24.3 Å². The van der Waals surface area contributed by atoms with E-state index >= 15 is 0 Å². The number of benzene rings is 1. The molecule has 3 heteroatoms. The third kappa shape index (κ3) is 3.90.